The van der Waals surface area contributed by atoms with Crippen LogP contribution in [0.2, 0.25) is 0 Å². The third-order valence-corrected chi connectivity index (χ3v) is 7.61. The number of esters is 2. The number of fused-ring (bicyclic) bond motifs is 5. The lowest BCUT2D eigenvalue weighted by Crippen LogP contribution is -2.42. The van der Waals surface area contributed by atoms with Gasteiger partial charge in [-0.2, -0.15) is 0 Å². The first kappa shape index (κ1) is 20.8. The number of allylic oxidation sites excluding steroid dienone is 1. The summed E-state index contributed by atoms with van der Waals surface area (Å²) < 4.78 is 10.0. The van der Waals surface area contributed by atoms with Crippen LogP contribution in [-0.2, 0) is 25.5 Å². The van der Waals surface area contributed by atoms with Crippen LogP contribution in [-0.4, -0.2) is 24.8 Å². The molecule has 4 rings (SSSR count). The minimum Gasteiger partial charge on any atom is -0.466 e. The van der Waals surface area contributed by atoms with Gasteiger partial charge in [-0.05, 0) is 79.5 Å². The van der Waals surface area contributed by atoms with E-state index in [0.717, 1.165) is 38.5 Å². The number of carbonyl (C=O) groups is 3. The first-order valence-electron chi connectivity index (χ1n) is 11.0. The molecule has 160 valence electrons. The first-order chi connectivity index (χ1) is 14.4. The summed E-state index contributed by atoms with van der Waals surface area (Å²) in [6, 6.07) is 6.05. The van der Waals surface area contributed by atoms with E-state index in [1.54, 1.807) is 6.08 Å². The second-order valence-corrected chi connectivity index (χ2v) is 9.13. The van der Waals surface area contributed by atoms with Gasteiger partial charge in [0, 0.05) is 24.3 Å². The average molecular weight is 411 g/mol. The monoisotopic (exact) mass is 410 g/mol. The molecule has 0 aromatic heterocycles. The number of rotatable bonds is 5. The summed E-state index contributed by atoms with van der Waals surface area (Å²) in [7, 11) is 1.32. The van der Waals surface area contributed by atoms with Crippen LogP contribution in [0.15, 0.2) is 30.4 Å². The van der Waals surface area contributed by atoms with Gasteiger partial charge in [0.25, 0.3) is 0 Å². The zero-order chi connectivity index (χ0) is 21.3. The number of aryl methyl sites for hydroxylation is 1. The zero-order valence-electron chi connectivity index (χ0n) is 17.8. The van der Waals surface area contributed by atoms with Crippen molar-refractivity contribution in [3.05, 3.63) is 41.5 Å². The molecule has 30 heavy (non-hydrogen) atoms. The summed E-state index contributed by atoms with van der Waals surface area (Å²) in [5.41, 5.74) is 2.56. The minimum absolute atomic E-state index is 0.101. The molecule has 5 nitrogen and oxygen atoms in total. The van der Waals surface area contributed by atoms with Crippen LogP contribution >= 0.6 is 0 Å². The topological polar surface area (TPSA) is 69.7 Å². The second kappa shape index (κ2) is 8.37. The number of methoxy groups -OCH3 is 1. The van der Waals surface area contributed by atoms with Crippen molar-refractivity contribution >= 4 is 17.7 Å². The molecule has 0 unspecified atom stereocenters. The van der Waals surface area contributed by atoms with Gasteiger partial charge in [-0.15, -0.1) is 0 Å². The van der Waals surface area contributed by atoms with E-state index >= 15 is 0 Å². The first-order valence-corrected chi connectivity index (χ1v) is 11.0. The molecule has 0 heterocycles. The molecule has 0 radical (unpaired) electrons. The maximum absolute atomic E-state index is 12.5. The number of Topliss-reactive ketones (excluding diaryl/α,β-unsaturated/α-hetero) is 1. The third kappa shape index (κ3) is 3.82. The second-order valence-electron chi connectivity index (χ2n) is 9.13. The molecule has 0 spiro atoms. The highest BCUT2D eigenvalue weighted by atomic mass is 16.5. The van der Waals surface area contributed by atoms with Crippen LogP contribution < -0.4 is 4.74 Å². The fraction of sp³-hybridized carbons (Fsp3) is 0.560. The van der Waals surface area contributed by atoms with Crippen LogP contribution in [0, 0.1) is 17.3 Å². The van der Waals surface area contributed by atoms with Crippen LogP contribution in [0.4, 0.5) is 0 Å². The van der Waals surface area contributed by atoms with E-state index in [1.807, 2.05) is 12.1 Å². The van der Waals surface area contributed by atoms with Crippen LogP contribution in [0.3, 0.4) is 0 Å². The molecular weight excluding hydrogens is 380 g/mol. The molecule has 1 aromatic rings. The number of ether oxygens (including phenoxy) is 2. The van der Waals surface area contributed by atoms with Crippen LogP contribution in [0.5, 0.6) is 5.75 Å². The van der Waals surface area contributed by atoms with Gasteiger partial charge in [0.05, 0.1) is 7.11 Å². The molecule has 3 aliphatic rings. The molecule has 0 saturated heterocycles. The molecule has 5 heteroatoms. The smallest absolute Gasteiger partial charge is 0.330 e. The highest BCUT2D eigenvalue weighted by molar-refractivity contribution is 5.87. The average Bonchev–Trinajstić information content (AvgIpc) is 3.05. The third-order valence-electron chi connectivity index (χ3n) is 7.61. The van der Waals surface area contributed by atoms with Crippen molar-refractivity contribution < 1.29 is 23.9 Å². The zero-order valence-corrected chi connectivity index (χ0v) is 17.8. The van der Waals surface area contributed by atoms with Crippen LogP contribution in [0.25, 0.3) is 0 Å². The van der Waals surface area contributed by atoms with E-state index in [2.05, 4.69) is 17.7 Å². The van der Waals surface area contributed by atoms with Gasteiger partial charge in [0.2, 0.25) is 0 Å². The molecule has 0 amide bonds. The lowest BCUT2D eigenvalue weighted by atomic mass is 9.55. The highest BCUT2D eigenvalue weighted by Gasteiger charge is 2.54. The molecule has 4 atom stereocenters. The van der Waals surface area contributed by atoms with Crippen molar-refractivity contribution in [2.24, 2.45) is 17.3 Å². The predicted molar refractivity (Wildman–Crippen MR) is 112 cm³/mol. The molecule has 0 aliphatic heterocycles. The molecule has 2 fully saturated rings. The molecule has 1 aromatic carbocycles. The summed E-state index contributed by atoms with van der Waals surface area (Å²) in [4.78, 5) is 35.6. The Labute approximate surface area is 177 Å². The summed E-state index contributed by atoms with van der Waals surface area (Å²) in [6.07, 6.45) is 9.53. The normalized spacial score (nSPS) is 29.8. The Bertz CT molecular complexity index is 886. The van der Waals surface area contributed by atoms with E-state index in [-0.39, 0.29) is 17.8 Å². The Kier molecular flexibility index (Phi) is 5.81. The number of hydrogen-bond donors (Lipinski definition) is 0. The Hall–Kier alpha value is -2.43. The van der Waals surface area contributed by atoms with Gasteiger partial charge < -0.3 is 9.47 Å². The molecular formula is C25H30O5. The lowest BCUT2D eigenvalue weighted by molar-refractivity contribution is -0.135. The summed E-state index contributed by atoms with van der Waals surface area (Å²) in [5, 5.41) is 0. The highest BCUT2D eigenvalue weighted by Crippen LogP contribution is 2.59. The van der Waals surface area contributed by atoms with E-state index in [4.69, 9.17) is 4.74 Å². The van der Waals surface area contributed by atoms with Crippen molar-refractivity contribution in [1.29, 1.82) is 0 Å². The maximum atomic E-state index is 12.5. The number of hydrogen-bond acceptors (Lipinski definition) is 5. The Morgan fingerprint density at radius 2 is 2.03 bits per heavy atom. The Morgan fingerprint density at radius 1 is 1.20 bits per heavy atom. The van der Waals surface area contributed by atoms with E-state index in [1.165, 1.54) is 24.3 Å². The number of benzene rings is 1. The van der Waals surface area contributed by atoms with E-state index in [9.17, 15) is 14.4 Å². The Morgan fingerprint density at radius 3 is 2.83 bits per heavy atom. The standard InChI is InChI=1S/C25H30O5/c1-25-14-13-19-18-10-8-17(30-24(28)6-4-3-5-23(27)29-2)15-16(18)7-9-20(19)21(25)11-12-22(25)26/h3,5,8,10,15,19-21H,4,6-7,9,11-14H2,1-2H3/b5-3+/t19-,20-,21+,25+/m1/s1. The van der Waals surface area contributed by atoms with Gasteiger partial charge in [0.1, 0.15) is 11.5 Å². The van der Waals surface area contributed by atoms with Gasteiger partial charge in [-0.25, -0.2) is 4.79 Å². The lowest BCUT2D eigenvalue weighted by Gasteiger charge is -2.48. The minimum atomic E-state index is -0.429. The number of ketones is 1. The van der Waals surface area contributed by atoms with Crippen molar-refractivity contribution in [3.8, 4) is 5.75 Å². The SMILES string of the molecule is COC(=O)/C=C/CCC(=O)Oc1ccc2c(c1)CC[C@@H]1[C@@H]2CC[C@]2(C)C(=O)CC[C@@H]12. The van der Waals surface area contributed by atoms with Crippen molar-refractivity contribution in [3.63, 3.8) is 0 Å². The van der Waals surface area contributed by atoms with Gasteiger partial charge in [-0.3, -0.25) is 9.59 Å². The fourth-order valence-electron chi connectivity index (χ4n) is 6.02. The van der Waals surface area contributed by atoms with Gasteiger partial charge in [0.15, 0.2) is 0 Å². The van der Waals surface area contributed by atoms with Crippen molar-refractivity contribution in [2.75, 3.05) is 7.11 Å². The number of carbonyl (C=O) groups excluding carboxylic acids is 3. The quantitative estimate of drug-likeness (QED) is 0.405. The molecule has 2 saturated carbocycles. The van der Waals surface area contributed by atoms with Gasteiger partial charge in [-0.1, -0.05) is 19.1 Å². The molecule has 3 aliphatic carbocycles. The molecule has 0 bridgehead atoms. The molecule has 0 N–H and O–H groups in total. The van der Waals surface area contributed by atoms with E-state index < -0.39 is 5.97 Å². The Balaban J connectivity index is 1.40. The summed E-state index contributed by atoms with van der Waals surface area (Å²) in [5.74, 6) is 1.96. The van der Waals surface area contributed by atoms with Crippen molar-refractivity contribution in [1.82, 2.24) is 0 Å². The largest absolute Gasteiger partial charge is 0.466 e. The van der Waals surface area contributed by atoms with Crippen molar-refractivity contribution in [2.45, 2.75) is 64.2 Å². The van der Waals surface area contributed by atoms with Crippen LogP contribution in [0.1, 0.15) is 68.9 Å². The van der Waals surface area contributed by atoms with E-state index in [0.29, 0.717) is 35.7 Å². The maximum Gasteiger partial charge on any atom is 0.330 e. The summed E-state index contributed by atoms with van der Waals surface area (Å²) >= 11 is 0. The summed E-state index contributed by atoms with van der Waals surface area (Å²) in [6.45, 7) is 2.20. The van der Waals surface area contributed by atoms with Gasteiger partial charge >= 0.3 is 11.9 Å². The fourth-order valence-corrected chi connectivity index (χ4v) is 6.02. The predicted octanol–water partition coefficient (Wildman–Crippen LogP) is 4.53.